The van der Waals surface area contributed by atoms with E-state index >= 15 is 0 Å². The van der Waals surface area contributed by atoms with Crippen LogP contribution in [-0.4, -0.2) is 18.8 Å². The number of hydrogen-bond donors (Lipinski definition) is 1. The number of anilines is 1. The average molecular weight is 267 g/mol. The minimum absolute atomic E-state index is 0.816. The summed E-state index contributed by atoms with van der Waals surface area (Å²) in [5, 5.41) is 3.95. The zero-order valence-corrected chi connectivity index (χ0v) is 12.1. The molecular weight excluding hydrogens is 246 g/mol. The SMILES string of the molecule is CCN(CC)c1ccc(/C(=N\N)c2ccccc2)cc1. The van der Waals surface area contributed by atoms with Crippen molar-refractivity contribution < 1.29 is 0 Å². The van der Waals surface area contributed by atoms with Crippen LogP contribution in [-0.2, 0) is 0 Å². The highest BCUT2D eigenvalue weighted by molar-refractivity contribution is 6.12. The van der Waals surface area contributed by atoms with Crippen LogP contribution in [0.1, 0.15) is 25.0 Å². The van der Waals surface area contributed by atoms with Gasteiger partial charge < -0.3 is 10.7 Å². The molecule has 104 valence electrons. The Morgan fingerprint density at radius 1 is 0.900 bits per heavy atom. The smallest absolute Gasteiger partial charge is 0.0971 e. The van der Waals surface area contributed by atoms with E-state index in [1.54, 1.807) is 0 Å². The summed E-state index contributed by atoms with van der Waals surface area (Å²) < 4.78 is 0. The van der Waals surface area contributed by atoms with Gasteiger partial charge in [-0.3, -0.25) is 0 Å². The van der Waals surface area contributed by atoms with Crippen LogP contribution in [0.15, 0.2) is 59.7 Å². The summed E-state index contributed by atoms with van der Waals surface area (Å²) in [5.74, 6) is 5.56. The summed E-state index contributed by atoms with van der Waals surface area (Å²) in [7, 11) is 0. The van der Waals surface area contributed by atoms with Gasteiger partial charge in [0.05, 0.1) is 5.71 Å². The number of nitrogens with zero attached hydrogens (tertiary/aromatic N) is 2. The quantitative estimate of drug-likeness (QED) is 0.513. The van der Waals surface area contributed by atoms with Crippen molar-refractivity contribution in [2.45, 2.75) is 13.8 Å². The van der Waals surface area contributed by atoms with E-state index in [1.165, 1.54) is 5.69 Å². The molecule has 3 nitrogen and oxygen atoms in total. The first-order valence-electron chi connectivity index (χ1n) is 6.98. The second kappa shape index (κ2) is 6.75. The molecule has 20 heavy (non-hydrogen) atoms. The van der Waals surface area contributed by atoms with Crippen LogP contribution < -0.4 is 10.7 Å². The molecule has 2 N–H and O–H groups in total. The molecule has 3 heteroatoms. The fraction of sp³-hybridized carbons (Fsp3) is 0.235. The first-order chi connectivity index (χ1) is 9.80. The Labute approximate surface area is 120 Å². The lowest BCUT2D eigenvalue weighted by molar-refractivity contribution is 0.866. The molecule has 0 aliphatic heterocycles. The lowest BCUT2D eigenvalue weighted by Gasteiger charge is -2.21. The fourth-order valence-corrected chi connectivity index (χ4v) is 2.33. The Bertz CT molecular complexity index is 555. The molecule has 0 bridgehead atoms. The normalized spacial score (nSPS) is 11.4. The van der Waals surface area contributed by atoms with Crippen molar-refractivity contribution in [3.63, 3.8) is 0 Å². The molecule has 0 atom stereocenters. The summed E-state index contributed by atoms with van der Waals surface area (Å²) in [6, 6.07) is 18.4. The standard InChI is InChI=1S/C17H21N3/c1-3-20(4-2)16-12-10-15(11-13-16)17(19-18)14-8-6-5-7-9-14/h5-13H,3-4,18H2,1-2H3/b19-17-. The molecule has 0 heterocycles. The Hall–Kier alpha value is -2.29. The second-order valence-corrected chi connectivity index (χ2v) is 4.56. The third kappa shape index (κ3) is 2.99. The van der Waals surface area contributed by atoms with Gasteiger partial charge in [-0.15, -0.1) is 0 Å². The molecule has 0 fully saturated rings. The zero-order valence-electron chi connectivity index (χ0n) is 12.1. The minimum Gasteiger partial charge on any atom is -0.372 e. The van der Waals surface area contributed by atoms with Gasteiger partial charge in [0.25, 0.3) is 0 Å². The Morgan fingerprint density at radius 3 is 1.95 bits per heavy atom. The van der Waals surface area contributed by atoms with E-state index in [4.69, 9.17) is 5.84 Å². The van der Waals surface area contributed by atoms with Gasteiger partial charge in [-0.05, 0) is 26.0 Å². The highest BCUT2D eigenvalue weighted by Gasteiger charge is 2.07. The number of nitrogens with two attached hydrogens (primary N) is 1. The summed E-state index contributed by atoms with van der Waals surface area (Å²) >= 11 is 0. The largest absolute Gasteiger partial charge is 0.372 e. The summed E-state index contributed by atoms with van der Waals surface area (Å²) in [4.78, 5) is 2.31. The van der Waals surface area contributed by atoms with E-state index < -0.39 is 0 Å². The van der Waals surface area contributed by atoms with Crippen molar-refractivity contribution in [3.8, 4) is 0 Å². The van der Waals surface area contributed by atoms with E-state index in [0.29, 0.717) is 0 Å². The van der Waals surface area contributed by atoms with Crippen molar-refractivity contribution in [2.75, 3.05) is 18.0 Å². The zero-order chi connectivity index (χ0) is 14.4. The molecule has 2 aromatic carbocycles. The topological polar surface area (TPSA) is 41.6 Å². The Balaban J connectivity index is 2.29. The molecule has 0 amide bonds. The van der Waals surface area contributed by atoms with E-state index in [-0.39, 0.29) is 0 Å². The predicted octanol–water partition coefficient (Wildman–Crippen LogP) is 3.24. The van der Waals surface area contributed by atoms with Crippen molar-refractivity contribution in [1.82, 2.24) is 0 Å². The first kappa shape index (κ1) is 14.1. The molecule has 0 saturated carbocycles. The van der Waals surface area contributed by atoms with Crippen LogP contribution in [0.2, 0.25) is 0 Å². The molecular formula is C17H21N3. The molecule has 0 spiro atoms. The minimum atomic E-state index is 0.816. The van der Waals surface area contributed by atoms with Crippen LogP contribution in [0.3, 0.4) is 0 Å². The number of hydrazone groups is 1. The molecule has 0 aliphatic carbocycles. The van der Waals surface area contributed by atoms with Gasteiger partial charge in [-0.2, -0.15) is 5.10 Å². The van der Waals surface area contributed by atoms with Gasteiger partial charge >= 0.3 is 0 Å². The number of rotatable bonds is 5. The van der Waals surface area contributed by atoms with Crippen LogP contribution in [0.25, 0.3) is 0 Å². The van der Waals surface area contributed by atoms with E-state index in [1.807, 2.05) is 30.3 Å². The maximum absolute atomic E-state index is 5.56. The average Bonchev–Trinajstić information content (AvgIpc) is 2.52. The van der Waals surface area contributed by atoms with E-state index in [0.717, 1.165) is 29.9 Å². The molecule has 2 rings (SSSR count). The number of hydrogen-bond acceptors (Lipinski definition) is 3. The molecule has 0 aliphatic rings. The first-order valence-corrected chi connectivity index (χ1v) is 6.98. The predicted molar refractivity (Wildman–Crippen MR) is 86.3 cm³/mol. The van der Waals surface area contributed by atoms with Crippen molar-refractivity contribution in [2.24, 2.45) is 10.9 Å². The van der Waals surface area contributed by atoms with Crippen molar-refractivity contribution >= 4 is 11.4 Å². The van der Waals surface area contributed by atoms with Gasteiger partial charge in [0.2, 0.25) is 0 Å². The molecule has 0 saturated heterocycles. The van der Waals surface area contributed by atoms with Crippen molar-refractivity contribution in [3.05, 3.63) is 65.7 Å². The summed E-state index contributed by atoms with van der Waals surface area (Å²) in [6.45, 7) is 6.33. The van der Waals surface area contributed by atoms with Gasteiger partial charge in [0, 0.05) is 29.9 Å². The highest BCUT2D eigenvalue weighted by atomic mass is 15.1. The monoisotopic (exact) mass is 267 g/mol. The van der Waals surface area contributed by atoms with Crippen LogP contribution >= 0.6 is 0 Å². The highest BCUT2D eigenvalue weighted by Crippen LogP contribution is 2.17. The third-order valence-electron chi connectivity index (χ3n) is 3.45. The number of benzene rings is 2. The molecule has 0 unspecified atom stereocenters. The summed E-state index contributed by atoms with van der Waals surface area (Å²) in [6.07, 6.45) is 0. The summed E-state index contributed by atoms with van der Waals surface area (Å²) in [5.41, 5.74) is 4.11. The fourth-order valence-electron chi connectivity index (χ4n) is 2.33. The molecule has 0 aromatic heterocycles. The Kier molecular flexibility index (Phi) is 4.77. The van der Waals surface area contributed by atoms with E-state index in [9.17, 15) is 0 Å². The third-order valence-corrected chi connectivity index (χ3v) is 3.45. The maximum Gasteiger partial charge on any atom is 0.0971 e. The molecule has 0 radical (unpaired) electrons. The lowest BCUT2D eigenvalue weighted by Crippen LogP contribution is -2.21. The van der Waals surface area contributed by atoms with Crippen LogP contribution in [0.5, 0.6) is 0 Å². The maximum atomic E-state index is 5.56. The van der Waals surface area contributed by atoms with Crippen LogP contribution in [0.4, 0.5) is 5.69 Å². The van der Waals surface area contributed by atoms with Gasteiger partial charge in [-0.1, -0.05) is 42.5 Å². The second-order valence-electron chi connectivity index (χ2n) is 4.56. The van der Waals surface area contributed by atoms with E-state index in [2.05, 4.69) is 48.1 Å². The molecule has 2 aromatic rings. The van der Waals surface area contributed by atoms with Gasteiger partial charge in [-0.25, -0.2) is 0 Å². The van der Waals surface area contributed by atoms with Crippen LogP contribution in [0, 0.1) is 0 Å². The van der Waals surface area contributed by atoms with Crippen molar-refractivity contribution in [1.29, 1.82) is 0 Å². The lowest BCUT2D eigenvalue weighted by atomic mass is 10.0. The Morgan fingerprint density at radius 2 is 1.45 bits per heavy atom. The van der Waals surface area contributed by atoms with Gasteiger partial charge in [0.1, 0.15) is 0 Å². The van der Waals surface area contributed by atoms with Gasteiger partial charge in [0.15, 0.2) is 0 Å².